The first kappa shape index (κ1) is 16.5. The lowest BCUT2D eigenvalue weighted by molar-refractivity contribution is 0.100. The zero-order valence-electron chi connectivity index (χ0n) is 13.3. The molecule has 7 heteroatoms. The predicted molar refractivity (Wildman–Crippen MR) is 96.6 cm³/mol. The first-order chi connectivity index (χ1) is 11.6. The summed E-state index contributed by atoms with van der Waals surface area (Å²) in [5.74, 6) is -0.531. The topological polar surface area (TPSA) is 83.3 Å². The van der Waals surface area contributed by atoms with Crippen LogP contribution in [0.2, 0.25) is 5.15 Å². The van der Waals surface area contributed by atoms with Gasteiger partial charge >= 0.3 is 0 Å². The highest BCUT2D eigenvalue weighted by Crippen LogP contribution is 2.21. The number of hydrogen-bond donors (Lipinski definition) is 3. The average Bonchev–Trinajstić information content (AvgIpc) is 2.61. The molecular formula is C17H20ClN5O. The fourth-order valence-electron chi connectivity index (χ4n) is 2.76. The largest absolute Gasteiger partial charge is 0.380 e. The number of carbonyl (C=O) groups is 1. The maximum absolute atomic E-state index is 11.5. The molecule has 1 saturated heterocycles. The number of halogens is 1. The molecule has 6 nitrogen and oxygen atoms in total. The van der Waals surface area contributed by atoms with Crippen molar-refractivity contribution in [3.63, 3.8) is 0 Å². The highest BCUT2D eigenvalue weighted by Gasteiger charge is 2.12. The van der Waals surface area contributed by atoms with Crippen molar-refractivity contribution in [2.75, 3.05) is 36.4 Å². The zero-order chi connectivity index (χ0) is 16.9. The van der Waals surface area contributed by atoms with Crippen LogP contribution in [0.3, 0.4) is 0 Å². The zero-order valence-corrected chi connectivity index (χ0v) is 14.0. The summed E-state index contributed by atoms with van der Waals surface area (Å²) in [5, 5.41) is 6.89. The van der Waals surface area contributed by atoms with Gasteiger partial charge in [-0.15, -0.1) is 0 Å². The summed E-state index contributed by atoms with van der Waals surface area (Å²) >= 11 is 5.91. The van der Waals surface area contributed by atoms with Crippen molar-refractivity contribution in [1.82, 2.24) is 10.3 Å². The molecule has 2 heterocycles. The van der Waals surface area contributed by atoms with E-state index in [9.17, 15) is 4.79 Å². The van der Waals surface area contributed by atoms with Crippen LogP contribution in [0.5, 0.6) is 0 Å². The molecule has 24 heavy (non-hydrogen) atoms. The summed E-state index contributed by atoms with van der Waals surface area (Å²) in [5.41, 5.74) is 8.63. The Morgan fingerprint density at radius 2 is 2.12 bits per heavy atom. The maximum atomic E-state index is 11.5. The van der Waals surface area contributed by atoms with Crippen molar-refractivity contribution < 1.29 is 4.79 Å². The van der Waals surface area contributed by atoms with Gasteiger partial charge in [0.05, 0.1) is 11.3 Å². The van der Waals surface area contributed by atoms with Gasteiger partial charge in [0.15, 0.2) is 0 Å². The van der Waals surface area contributed by atoms with E-state index in [2.05, 4.69) is 32.7 Å². The number of carbonyl (C=O) groups excluding carboxylic acids is 1. The number of hydrogen-bond acceptors (Lipinski definition) is 5. The highest BCUT2D eigenvalue weighted by molar-refractivity contribution is 6.29. The van der Waals surface area contributed by atoms with Gasteiger partial charge in [-0.3, -0.25) is 4.79 Å². The second-order valence-corrected chi connectivity index (χ2v) is 6.06. The third kappa shape index (κ3) is 3.96. The Balaban J connectivity index is 1.73. The van der Waals surface area contributed by atoms with Gasteiger partial charge in [-0.25, -0.2) is 4.98 Å². The van der Waals surface area contributed by atoms with Gasteiger partial charge < -0.3 is 21.3 Å². The van der Waals surface area contributed by atoms with Gasteiger partial charge in [0.2, 0.25) is 0 Å². The number of anilines is 2. The molecule has 1 aliphatic rings. The first-order valence-electron chi connectivity index (χ1n) is 7.87. The Hall–Kier alpha value is -2.31. The number of amides is 1. The predicted octanol–water partition coefficient (Wildman–Crippen LogP) is 1.86. The van der Waals surface area contributed by atoms with E-state index in [-0.39, 0.29) is 0 Å². The Morgan fingerprint density at radius 3 is 2.88 bits per heavy atom. The molecule has 0 spiro atoms. The van der Waals surface area contributed by atoms with Crippen LogP contribution in [-0.4, -0.2) is 37.1 Å². The Morgan fingerprint density at radius 1 is 1.33 bits per heavy atom. The molecule has 0 aliphatic carbocycles. The fourth-order valence-corrected chi connectivity index (χ4v) is 2.91. The van der Waals surface area contributed by atoms with Crippen molar-refractivity contribution in [3.05, 3.63) is 52.8 Å². The van der Waals surface area contributed by atoms with Crippen molar-refractivity contribution in [2.24, 2.45) is 5.73 Å². The fraction of sp³-hybridized carbons (Fsp3) is 0.294. The van der Waals surface area contributed by atoms with Crippen molar-refractivity contribution in [2.45, 2.75) is 6.54 Å². The summed E-state index contributed by atoms with van der Waals surface area (Å²) in [7, 11) is 0. The number of primary amides is 1. The number of nitrogens with zero attached hydrogens (tertiary/aromatic N) is 2. The molecule has 1 fully saturated rings. The monoisotopic (exact) mass is 345 g/mol. The molecule has 1 aromatic heterocycles. The molecule has 1 aliphatic heterocycles. The standard InChI is InChI=1S/C17H20ClN5O/c18-16-9-15(14(11-22-16)17(19)24)21-10-12-2-1-3-13(8-12)23-6-4-20-5-7-23/h1-3,8-9,11,20H,4-7,10H2,(H2,19,24)(H,21,22). The highest BCUT2D eigenvalue weighted by atomic mass is 35.5. The van der Waals surface area contributed by atoms with Crippen LogP contribution < -0.4 is 21.3 Å². The number of pyridine rings is 1. The van der Waals surface area contributed by atoms with Crippen LogP contribution in [0, 0.1) is 0 Å². The summed E-state index contributed by atoms with van der Waals surface area (Å²) in [6, 6.07) is 9.98. The van der Waals surface area contributed by atoms with E-state index in [0.29, 0.717) is 22.9 Å². The molecule has 0 atom stereocenters. The van der Waals surface area contributed by atoms with Crippen LogP contribution in [0.25, 0.3) is 0 Å². The molecule has 4 N–H and O–H groups in total. The van der Waals surface area contributed by atoms with E-state index in [0.717, 1.165) is 31.7 Å². The summed E-state index contributed by atoms with van der Waals surface area (Å²) in [6.07, 6.45) is 1.39. The number of nitrogens with one attached hydrogen (secondary N) is 2. The molecule has 0 unspecified atom stereocenters. The van der Waals surface area contributed by atoms with E-state index in [1.54, 1.807) is 6.07 Å². The van der Waals surface area contributed by atoms with Crippen LogP contribution >= 0.6 is 11.6 Å². The molecule has 1 aromatic carbocycles. The molecule has 0 bridgehead atoms. The van der Waals surface area contributed by atoms with Gasteiger partial charge in [0.25, 0.3) is 5.91 Å². The quantitative estimate of drug-likeness (QED) is 0.720. The van der Waals surface area contributed by atoms with Crippen LogP contribution in [0.15, 0.2) is 36.5 Å². The Kier molecular flexibility index (Phi) is 5.17. The van der Waals surface area contributed by atoms with E-state index in [1.165, 1.54) is 11.9 Å². The number of benzene rings is 1. The van der Waals surface area contributed by atoms with E-state index >= 15 is 0 Å². The Labute approximate surface area is 146 Å². The molecule has 0 radical (unpaired) electrons. The second-order valence-electron chi connectivity index (χ2n) is 5.68. The molecular weight excluding hydrogens is 326 g/mol. The molecule has 1 amide bonds. The number of rotatable bonds is 5. The van der Waals surface area contributed by atoms with E-state index in [4.69, 9.17) is 17.3 Å². The second kappa shape index (κ2) is 7.51. The lowest BCUT2D eigenvalue weighted by Crippen LogP contribution is -2.43. The third-order valence-corrected chi connectivity index (χ3v) is 4.22. The van der Waals surface area contributed by atoms with Crippen molar-refractivity contribution >= 4 is 28.9 Å². The molecule has 0 saturated carbocycles. The summed E-state index contributed by atoms with van der Waals surface area (Å²) in [4.78, 5) is 17.8. The van der Waals surface area contributed by atoms with Crippen LogP contribution in [-0.2, 0) is 6.54 Å². The summed E-state index contributed by atoms with van der Waals surface area (Å²) in [6.45, 7) is 4.58. The minimum absolute atomic E-state index is 0.317. The van der Waals surface area contributed by atoms with Crippen LogP contribution in [0.1, 0.15) is 15.9 Å². The lowest BCUT2D eigenvalue weighted by atomic mass is 10.1. The van der Waals surface area contributed by atoms with Crippen molar-refractivity contribution in [3.8, 4) is 0 Å². The van der Waals surface area contributed by atoms with Gasteiger partial charge in [0, 0.05) is 44.6 Å². The third-order valence-electron chi connectivity index (χ3n) is 4.01. The van der Waals surface area contributed by atoms with Crippen molar-refractivity contribution in [1.29, 1.82) is 0 Å². The Bertz CT molecular complexity index is 731. The van der Waals surface area contributed by atoms with Crippen LogP contribution in [0.4, 0.5) is 11.4 Å². The molecule has 3 rings (SSSR count). The molecule has 126 valence electrons. The average molecular weight is 346 g/mol. The summed E-state index contributed by atoms with van der Waals surface area (Å²) < 4.78 is 0. The smallest absolute Gasteiger partial charge is 0.252 e. The van der Waals surface area contributed by atoms with E-state index < -0.39 is 5.91 Å². The van der Waals surface area contributed by atoms with Gasteiger partial charge in [-0.2, -0.15) is 0 Å². The van der Waals surface area contributed by atoms with Gasteiger partial charge in [-0.1, -0.05) is 23.7 Å². The maximum Gasteiger partial charge on any atom is 0.252 e. The van der Waals surface area contributed by atoms with E-state index in [1.807, 2.05) is 12.1 Å². The number of piperazine rings is 1. The lowest BCUT2D eigenvalue weighted by Gasteiger charge is -2.29. The van der Waals surface area contributed by atoms with Gasteiger partial charge in [0.1, 0.15) is 5.15 Å². The SMILES string of the molecule is NC(=O)c1cnc(Cl)cc1NCc1cccc(N2CCNCC2)c1. The number of aromatic nitrogens is 1. The normalized spacial score (nSPS) is 14.5. The van der Waals surface area contributed by atoms with Gasteiger partial charge in [-0.05, 0) is 23.8 Å². The minimum atomic E-state index is -0.531. The number of nitrogens with two attached hydrogens (primary N) is 1. The first-order valence-corrected chi connectivity index (χ1v) is 8.25. The molecule has 2 aromatic rings. The minimum Gasteiger partial charge on any atom is -0.380 e.